The summed E-state index contributed by atoms with van der Waals surface area (Å²) in [4.78, 5) is 6.48. The Bertz CT molecular complexity index is 387. The van der Waals surface area contributed by atoms with Gasteiger partial charge in [0, 0.05) is 32.0 Å². The molecule has 17 heavy (non-hydrogen) atoms. The summed E-state index contributed by atoms with van der Waals surface area (Å²) in [7, 11) is 1.63. The zero-order valence-electron chi connectivity index (χ0n) is 10.1. The van der Waals surface area contributed by atoms with Gasteiger partial charge in [0.25, 0.3) is 0 Å². The minimum absolute atomic E-state index is 0.253. The van der Waals surface area contributed by atoms with Crippen molar-refractivity contribution in [2.45, 2.75) is 19.4 Å². The molecule has 0 spiro atoms. The van der Waals surface area contributed by atoms with Gasteiger partial charge in [0.2, 0.25) is 5.88 Å². The third kappa shape index (κ3) is 3.10. The van der Waals surface area contributed by atoms with E-state index in [1.165, 1.54) is 0 Å². The van der Waals surface area contributed by atoms with Gasteiger partial charge in [0.15, 0.2) is 0 Å². The zero-order chi connectivity index (χ0) is 12.3. The number of rotatable bonds is 2. The first-order chi connectivity index (χ1) is 8.20. The van der Waals surface area contributed by atoms with E-state index in [2.05, 4.69) is 32.7 Å². The Kier molecular flexibility index (Phi) is 4.23. The van der Waals surface area contributed by atoms with Gasteiger partial charge in [-0.3, -0.25) is 0 Å². The number of ether oxygens (including phenoxy) is 2. The first-order valence-electron chi connectivity index (χ1n) is 5.77. The Morgan fingerprint density at radius 1 is 1.59 bits per heavy atom. The molecule has 0 aliphatic carbocycles. The van der Waals surface area contributed by atoms with Crippen molar-refractivity contribution < 1.29 is 9.47 Å². The van der Waals surface area contributed by atoms with E-state index in [9.17, 15) is 0 Å². The topological polar surface area (TPSA) is 34.6 Å². The predicted molar refractivity (Wildman–Crippen MR) is 70.7 cm³/mol. The lowest BCUT2D eigenvalue weighted by atomic mass is 10.3. The van der Waals surface area contributed by atoms with E-state index in [1.54, 1.807) is 13.3 Å². The number of anilines is 1. The Morgan fingerprint density at radius 3 is 3.18 bits per heavy atom. The largest absolute Gasteiger partial charge is 0.481 e. The van der Waals surface area contributed by atoms with Gasteiger partial charge in [-0.2, -0.15) is 0 Å². The molecule has 94 valence electrons. The van der Waals surface area contributed by atoms with Crippen LogP contribution in [-0.4, -0.2) is 37.9 Å². The second-order valence-electron chi connectivity index (χ2n) is 4.16. The number of methoxy groups -OCH3 is 1. The van der Waals surface area contributed by atoms with E-state index >= 15 is 0 Å². The molecule has 1 aliphatic heterocycles. The molecule has 2 heterocycles. The normalized spacial score (nSPS) is 21.1. The number of hydrogen-bond acceptors (Lipinski definition) is 4. The Labute approximate surface area is 110 Å². The fourth-order valence-electron chi connectivity index (χ4n) is 1.98. The first kappa shape index (κ1) is 12.6. The first-order valence-corrected chi connectivity index (χ1v) is 6.56. The van der Waals surface area contributed by atoms with Crippen molar-refractivity contribution >= 4 is 21.6 Å². The second-order valence-corrected chi connectivity index (χ2v) is 5.01. The second kappa shape index (κ2) is 5.69. The van der Waals surface area contributed by atoms with Crippen LogP contribution in [-0.2, 0) is 4.74 Å². The Balaban J connectivity index is 2.24. The summed E-state index contributed by atoms with van der Waals surface area (Å²) in [5.74, 6) is 0.640. The van der Waals surface area contributed by atoms with Crippen LogP contribution in [0.25, 0.3) is 0 Å². The van der Waals surface area contributed by atoms with Crippen LogP contribution >= 0.6 is 15.9 Å². The third-order valence-corrected chi connectivity index (χ3v) is 3.42. The summed E-state index contributed by atoms with van der Waals surface area (Å²) in [6.45, 7) is 4.82. The minimum atomic E-state index is 0.253. The Morgan fingerprint density at radius 2 is 2.41 bits per heavy atom. The van der Waals surface area contributed by atoms with Crippen molar-refractivity contribution in [1.29, 1.82) is 0 Å². The summed E-state index contributed by atoms with van der Waals surface area (Å²) < 4.78 is 11.8. The van der Waals surface area contributed by atoms with Gasteiger partial charge < -0.3 is 14.4 Å². The maximum atomic E-state index is 5.65. The van der Waals surface area contributed by atoms with Crippen molar-refractivity contribution in [3.63, 3.8) is 0 Å². The van der Waals surface area contributed by atoms with Crippen molar-refractivity contribution in [2.75, 3.05) is 31.7 Å². The van der Waals surface area contributed by atoms with Crippen LogP contribution in [0.2, 0.25) is 0 Å². The van der Waals surface area contributed by atoms with Crippen molar-refractivity contribution in [2.24, 2.45) is 0 Å². The van der Waals surface area contributed by atoms with E-state index in [0.717, 1.165) is 36.3 Å². The molecule has 2 rings (SSSR count). The summed E-state index contributed by atoms with van der Waals surface area (Å²) in [6.07, 6.45) is 3.08. The maximum Gasteiger partial charge on any atom is 0.215 e. The SMILES string of the molecule is COc1cc(N2CCCOC(C)C2)c(Br)cn1. The van der Waals surface area contributed by atoms with Crippen LogP contribution < -0.4 is 9.64 Å². The van der Waals surface area contributed by atoms with Crippen molar-refractivity contribution in [1.82, 2.24) is 4.98 Å². The van der Waals surface area contributed by atoms with Crippen LogP contribution in [0.5, 0.6) is 5.88 Å². The summed E-state index contributed by atoms with van der Waals surface area (Å²) in [6, 6.07) is 1.96. The average Bonchev–Trinajstić information content (AvgIpc) is 2.54. The maximum absolute atomic E-state index is 5.65. The van der Waals surface area contributed by atoms with Crippen molar-refractivity contribution in [3.8, 4) is 5.88 Å². The standard InChI is InChI=1S/C12H17BrN2O2/c1-9-8-15(4-3-5-17-9)11-6-12(16-2)14-7-10(11)13/h6-7,9H,3-5,8H2,1-2H3. The molecule has 1 atom stereocenters. The lowest BCUT2D eigenvalue weighted by Crippen LogP contribution is -2.30. The predicted octanol–water partition coefficient (Wildman–Crippen LogP) is 2.47. The molecule has 0 N–H and O–H groups in total. The molecule has 4 nitrogen and oxygen atoms in total. The average molecular weight is 301 g/mol. The van der Waals surface area contributed by atoms with Crippen LogP contribution in [0.3, 0.4) is 0 Å². The number of hydrogen-bond donors (Lipinski definition) is 0. The molecule has 0 amide bonds. The summed E-state index contributed by atoms with van der Waals surface area (Å²) in [5.41, 5.74) is 1.12. The van der Waals surface area contributed by atoms with E-state index in [1.807, 2.05) is 6.07 Å². The molecule has 0 bridgehead atoms. The molecule has 0 aromatic carbocycles. The van der Waals surface area contributed by atoms with Crippen LogP contribution in [0.15, 0.2) is 16.7 Å². The van der Waals surface area contributed by atoms with Gasteiger partial charge in [-0.15, -0.1) is 0 Å². The van der Waals surface area contributed by atoms with E-state index in [0.29, 0.717) is 5.88 Å². The van der Waals surface area contributed by atoms with E-state index < -0.39 is 0 Å². The van der Waals surface area contributed by atoms with E-state index in [-0.39, 0.29) is 6.10 Å². The lowest BCUT2D eigenvalue weighted by Gasteiger charge is -2.25. The molecule has 1 aromatic rings. The molecule has 1 saturated heterocycles. The number of halogens is 1. The smallest absolute Gasteiger partial charge is 0.215 e. The molecule has 0 radical (unpaired) electrons. The molecule has 1 aliphatic rings. The van der Waals surface area contributed by atoms with Gasteiger partial charge in [0.1, 0.15) is 0 Å². The van der Waals surface area contributed by atoms with Crippen LogP contribution in [0.1, 0.15) is 13.3 Å². The molecule has 1 fully saturated rings. The quantitative estimate of drug-likeness (QED) is 0.840. The lowest BCUT2D eigenvalue weighted by molar-refractivity contribution is 0.0821. The zero-order valence-corrected chi connectivity index (χ0v) is 11.7. The Hall–Kier alpha value is -0.810. The molecular weight excluding hydrogens is 284 g/mol. The molecule has 1 unspecified atom stereocenters. The van der Waals surface area contributed by atoms with Crippen LogP contribution in [0.4, 0.5) is 5.69 Å². The van der Waals surface area contributed by atoms with Crippen LogP contribution in [0, 0.1) is 0 Å². The van der Waals surface area contributed by atoms with Gasteiger partial charge in [-0.1, -0.05) is 0 Å². The molecular formula is C12H17BrN2O2. The molecule has 1 aromatic heterocycles. The molecule has 5 heteroatoms. The minimum Gasteiger partial charge on any atom is -0.481 e. The van der Waals surface area contributed by atoms with Gasteiger partial charge in [0.05, 0.1) is 23.4 Å². The summed E-state index contributed by atoms with van der Waals surface area (Å²) >= 11 is 3.54. The highest BCUT2D eigenvalue weighted by molar-refractivity contribution is 9.10. The monoisotopic (exact) mass is 300 g/mol. The highest BCUT2D eigenvalue weighted by Gasteiger charge is 2.18. The van der Waals surface area contributed by atoms with E-state index in [4.69, 9.17) is 9.47 Å². The highest BCUT2D eigenvalue weighted by atomic mass is 79.9. The number of nitrogens with zero attached hydrogens (tertiary/aromatic N) is 2. The summed E-state index contributed by atoms with van der Waals surface area (Å²) in [5, 5.41) is 0. The fraction of sp³-hybridized carbons (Fsp3) is 0.583. The van der Waals surface area contributed by atoms with Crippen molar-refractivity contribution in [3.05, 3.63) is 16.7 Å². The fourth-order valence-corrected chi connectivity index (χ4v) is 2.44. The van der Waals surface area contributed by atoms with Gasteiger partial charge in [-0.05, 0) is 29.3 Å². The van der Waals surface area contributed by atoms with Gasteiger partial charge in [-0.25, -0.2) is 4.98 Å². The highest BCUT2D eigenvalue weighted by Crippen LogP contribution is 2.29. The molecule has 0 saturated carbocycles. The third-order valence-electron chi connectivity index (χ3n) is 2.81. The van der Waals surface area contributed by atoms with Gasteiger partial charge >= 0.3 is 0 Å². The number of aromatic nitrogens is 1. The number of pyridine rings is 1.